The van der Waals surface area contributed by atoms with Crippen LogP contribution >= 0.6 is 34.7 Å². The average Bonchev–Trinajstić information content (AvgIpc) is 3.06. The molecule has 0 fully saturated rings. The zero-order chi connectivity index (χ0) is 13.4. The fraction of sp³-hybridized carbons (Fsp3) is 0.231. The van der Waals surface area contributed by atoms with Gasteiger partial charge in [0.05, 0.1) is 16.8 Å². The Kier molecular flexibility index (Phi) is 3.54. The summed E-state index contributed by atoms with van der Waals surface area (Å²) in [5.41, 5.74) is 2.79. The van der Waals surface area contributed by atoms with E-state index in [4.69, 9.17) is 11.6 Å². The van der Waals surface area contributed by atoms with Crippen molar-refractivity contribution in [1.82, 2.24) is 14.1 Å². The Labute approximate surface area is 124 Å². The van der Waals surface area contributed by atoms with Crippen molar-refractivity contribution >= 4 is 45.7 Å². The Hall–Kier alpha value is -1.01. The maximum absolute atomic E-state index is 6.35. The minimum Gasteiger partial charge on any atom is -0.313 e. The lowest BCUT2D eigenvalue weighted by Gasteiger charge is -2.06. The van der Waals surface area contributed by atoms with Gasteiger partial charge in [-0.1, -0.05) is 11.6 Å². The number of aromatic nitrogens is 2. The molecule has 3 nitrogen and oxygen atoms in total. The third-order valence-corrected chi connectivity index (χ3v) is 5.25. The normalized spacial score (nSPS) is 13.0. The molecule has 0 radical (unpaired) electrons. The summed E-state index contributed by atoms with van der Waals surface area (Å²) in [5.74, 6) is 0. The van der Waals surface area contributed by atoms with E-state index in [0.717, 1.165) is 26.5 Å². The zero-order valence-electron chi connectivity index (χ0n) is 10.5. The zero-order valence-corrected chi connectivity index (χ0v) is 12.9. The van der Waals surface area contributed by atoms with Gasteiger partial charge in [-0.2, -0.15) is 8.75 Å². The first kappa shape index (κ1) is 13.0. The number of rotatable bonds is 3. The van der Waals surface area contributed by atoms with Gasteiger partial charge in [-0.15, -0.1) is 11.3 Å². The second-order valence-electron chi connectivity index (χ2n) is 4.27. The second kappa shape index (κ2) is 5.17. The van der Waals surface area contributed by atoms with Crippen LogP contribution in [0.1, 0.15) is 17.8 Å². The topological polar surface area (TPSA) is 37.8 Å². The Morgan fingerprint density at radius 1 is 1.21 bits per heavy atom. The molecule has 98 valence electrons. The van der Waals surface area contributed by atoms with Crippen molar-refractivity contribution in [3.63, 3.8) is 0 Å². The molecule has 19 heavy (non-hydrogen) atoms. The van der Waals surface area contributed by atoms with E-state index in [9.17, 15) is 0 Å². The lowest BCUT2D eigenvalue weighted by Crippen LogP contribution is -2.10. The minimum absolute atomic E-state index is 0.338. The van der Waals surface area contributed by atoms with E-state index >= 15 is 0 Å². The Bertz CT molecular complexity index is 720. The summed E-state index contributed by atoms with van der Waals surface area (Å²) in [7, 11) is 1.96. The monoisotopic (exact) mass is 309 g/mol. The fourth-order valence-electron chi connectivity index (χ4n) is 1.92. The van der Waals surface area contributed by atoms with Crippen LogP contribution in [0.15, 0.2) is 24.3 Å². The molecule has 3 rings (SSSR count). The molecule has 2 aromatic heterocycles. The van der Waals surface area contributed by atoms with Gasteiger partial charge in [0, 0.05) is 21.4 Å². The summed E-state index contributed by atoms with van der Waals surface area (Å²) in [6.45, 7) is 2.14. The highest BCUT2D eigenvalue weighted by molar-refractivity contribution is 7.15. The average molecular weight is 310 g/mol. The van der Waals surface area contributed by atoms with E-state index < -0.39 is 0 Å². The summed E-state index contributed by atoms with van der Waals surface area (Å²) in [6.07, 6.45) is 0. The highest BCUT2D eigenvalue weighted by Gasteiger charge is 2.15. The fourth-order valence-corrected chi connectivity index (χ4v) is 3.91. The first-order valence-electron chi connectivity index (χ1n) is 5.89. The van der Waals surface area contributed by atoms with Gasteiger partial charge in [-0.3, -0.25) is 0 Å². The van der Waals surface area contributed by atoms with Crippen LogP contribution in [0.2, 0.25) is 5.02 Å². The molecule has 0 spiro atoms. The van der Waals surface area contributed by atoms with Gasteiger partial charge in [0.15, 0.2) is 0 Å². The van der Waals surface area contributed by atoms with Gasteiger partial charge in [-0.25, -0.2) is 0 Å². The summed E-state index contributed by atoms with van der Waals surface area (Å²) in [4.78, 5) is 2.43. The van der Waals surface area contributed by atoms with Crippen LogP contribution < -0.4 is 5.32 Å². The molecule has 1 N–H and O–H groups in total. The Morgan fingerprint density at radius 2 is 2.05 bits per heavy atom. The molecule has 6 heteroatoms. The van der Waals surface area contributed by atoms with Gasteiger partial charge < -0.3 is 5.32 Å². The molecule has 0 bridgehead atoms. The third-order valence-electron chi connectivity index (χ3n) is 3.11. The lowest BCUT2D eigenvalue weighted by molar-refractivity contribution is 0.664. The lowest BCUT2D eigenvalue weighted by atomic mass is 10.1. The van der Waals surface area contributed by atoms with Crippen molar-refractivity contribution in [2.24, 2.45) is 0 Å². The molecule has 0 aliphatic heterocycles. The van der Waals surface area contributed by atoms with Crippen molar-refractivity contribution in [3.05, 3.63) is 34.2 Å². The van der Waals surface area contributed by atoms with Crippen molar-refractivity contribution in [1.29, 1.82) is 0 Å². The highest BCUT2D eigenvalue weighted by Crippen LogP contribution is 2.39. The molecule has 1 atom stereocenters. The highest BCUT2D eigenvalue weighted by atomic mass is 35.5. The second-order valence-corrected chi connectivity index (χ2v) is 6.32. The van der Waals surface area contributed by atoms with E-state index in [1.54, 1.807) is 11.3 Å². The first-order chi connectivity index (χ1) is 9.20. The maximum Gasteiger partial charge on any atom is 0.114 e. The molecular formula is C13H12ClN3S2. The molecule has 0 saturated heterocycles. The third kappa shape index (κ3) is 2.27. The summed E-state index contributed by atoms with van der Waals surface area (Å²) < 4.78 is 8.64. The van der Waals surface area contributed by atoms with Crippen LogP contribution in [-0.2, 0) is 0 Å². The van der Waals surface area contributed by atoms with Gasteiger partial charge in [0.2, 0.25) is 0 Å². The molecule has 0 amide bonds. The predicted molar refractivity (Wildman–Crippen MR) is 83.2 cm³/mol. The number of thiophene rings is 1. The van der Waals surface area contributed by atoms with Crippen LogP contribution in [-0.4, -0.2) is 15.8 Å². The van der Waals surface area contributed by atoms with Crippen molar-refractivity contribution in [3.8, 4) is 10.4 Å². The SMILES string of the molecule is CNC(C)c1ccc(-c2c(Cl)ccc3nsnc23)s1. The number of benzene rings is 1. The number of nitrogens with one attached hydrogen (secondary N) is 1. The number of halogens is 1. The molecular weight excluding hydrogens is 298 g/mol. The number of hydrogen-bond donors (Lipinski definition) is 1. The van der Waals surface area contributed by atoms with Gasteiger partial charge in [-0.05, 0) is 38.2 Å². The Balaban J connectivity index is 2.16. The molecule has 0 aliphatic rings. The van der Waals surface area contributed by atoms with Gasteiger partial charge in [0.25, 0.3) is 0 Å². The number of hydrogen-bond acceptors (Lipinski definition) is 5. The van der Waals surface area contributed by atoms with E-state index in [1.807, 2.05) is 19.2 Å². The summed E-state index contributed by atoms with van der Waals surface area (Å²) >= 11 is 9.31. The molecule has 2 heterocycles. The summed E-state index contributed by atoms with van der Waals surface area (Å²) in [6, 6.07) is 8.38. The van der Waals surface area contributed by atoms with Gasteiger partial charge in [0.1, 0.15) is 11.0 Å². The molecule has 1 aromatic carbocycles. The minimum atomic E-state index is 0.338. The Morgan fingerprint density at radius 3 is 2.84 bits per heavy atom. The summed E-state index contributed by atoms with van der Waals surface area (Å²) in [5, 5.41) is 3.97. The van der Waals surface area contributed by atoms with E-state index in [2.05, 4.69) is 33.1 Å². The van der Waals surface area contributed by atoms with Crippen molar-refractivity contribution in [2.75, 3.05) is 7.05 Å². The van der Waals surface area contributed by atoms with Crippen molar-refractivity contribution in [2.45, 2.75) is 13.0 Å². The number of fused-ring (bicyclic) bond motifs is 1. The van der Waals surface area contributed by atoms with Crippen LogP contribution in [0.3, 0.4) is 0 Å². The molecule has 3 aromatic rings. The van der Waals surface area contributed by atoms with E-state index in [1.165, 1.54) is 16.6 Å². The van der Waals surface area contributed by atoms with Crippen molar-refractivity contribution < 1.29 is 0 Å². The smallest absolute Gasteiger partial charge is 0.114 e. The van der Waals surface area contributed by atoms with Gasteiger partial charge >= 0.3 is 0 Å². The standard InChI is InChI=1S/C13H12ClN3S2/c1-7(15-2)10-5-6-11(18-10)12-8(14)3-4-9-13(12)17-19-16-9/h3-7,15H,1-2H3. The van der Waals surface area contributed by atoms with Crippen LogP contribution in [0.25, 0.3) is 21.5 Å². The van der Waals surface area contributed by atoms with E-state index in [0.29, 0.717) is 6.04 Å². The van der Waals surface area contributed by atoms with Crippen LogP contribution in [0, 0.1) is 0 Å². The van der Waals surface area contributed by atoms with Crippen LogP contribution in [0.5, 0.6) is 0 Å². The largest absolute Gasteiger partial charge is 0.313 e. The first-order valence-corrected chi connectivity index (χ1v) is 7.81. The van der Waals surface area contributed by atoms with E-state index in [-0.39, 0.29) is 0 Å². The molecule has 0 saturated carbocycles. The predicted octanol–water partition coefficient (Wildman–Crippen LogP) is 4.35. The quantitative estimate of drug-likeness (QED) is 0.781. The molecule has 1 unspecified atom stereocenters. The molecule has 0 aliphatic carbocycles. The van der Waals surface area contributed by atoms with Crippen LogP contribution in [0.4, 0.5) is 0 Å². The number of nitrogens with zero attached hydrogens (tertiary/aromatic N) is 2. The maximum atomic E-state index is 6.35.